The van der Waals surface area contributed by atoms with Crippen molar-refractivity contribution < 1.29 is 19.5 Å². The maximum Gasteiger partial charge on any atom is 0.335 e. The van der Waals surface area contributed by atoms with Crippen molar-refractivity contribution in [3.8, 4) is 0 Å². The Bertz CT molecular complexity index is 855. The van der Waals surface area contributed by atoms with Crippen LogP contribution in [0.25, 0.3) is 0 Å². The van der Waals surface area contributed by atoms with E-state index >= 15 is 0 Å². The number of carboxylic acid groups (broad SMARTS) is 1. The summed E-state index contributed by atoms with van der Waals surface area (Å²) in [5, 5.41) is 14.7. The van der Waals surface area contributed by atoms with E-state index in [0.29, 0.717) is 16.8 Å². The lowest BCUT2D eigenvalue weighted by molar-refractivity contribution is -0.115. The zero-order chi connectivity index (χ0) is 18.7. The number of aromatic carboxylic acids is 1. The molecule has 0 spiro atoms. The molecular formula is C20H20N2O4. The van der Waals surface area contributed by atoms with Gasteiger partial charge >= 0.3 is 5.97 Å². The van der Waals surface area contributed by atoms with Gasteiger partial charge in [-0.05, 0) is 55.2 Å². The molecule has 6 nitrogen and oxygen atoms in total. The smallest absolute Gasteiger partial charge is 0.335 e. The minimum absolute atomic E-state index is 0.123. The van der Waals surface area contributed by atoms with E-state index in [-0.39, 0.29) is 29.8 Å². The van der Waals surface area contributed by atoms with E-state index in [4.69, 9.17) is 5.11 Å². The van der Waals surface area contributed by atoms with Crippen molar-refractivity contribution in [2.45, 2.75) is 32.2 Å². The predicted molar refractivity (Wildman–Crippen MR) is 97.4 cm³/mol. The summed E-state index contributed by atoms with van der Waals surface area (Å²) in [4.78, 5) is 35.3. The van der Waals surface area contributed by atoms with Gasteiger partial charge in [-0.15, -0.1) is 0 Å². The Kier molecular flexibility index (Phi) is 5.02. The van der Waals surface area contributed by atoms with Gasteiger partial charge in [0.05, 0.1) is 12.0 Å². The Morgan fingerprint density at radius 2 is 1.69 bits per heavy atom. The molecule has 0 aromatic heterocycles. The fraction of sp³-hybridized carbons (Fsp3) is 0.250. The van der Waals surface area contributed by atoms with Crippen molar-refractivity contribution in [1.82, 2.24) is 5.32 Å². The van der Waals surface area contributed by atoms with Crippen LogP contribution in [0.4, 0.5) is 5.69 Å². The van der Waals surface area contributed by atoms with Crippen LogP contribution in [0.2, 0.25) is 0 Å². The number of nitrogens with one attached hydrogen (secondary N) is 2. The Morgan fingerprint density at radius 3 is 2.31 bits per heavy atom. The number of anilines is 1. The zero-order valence-electron chi connectivity index (χ0n) is 14.4. The number of carboxylic acids is 1. The number of hydrogen-bond donors (Lipinski definition) is 3. The van der Waals surface area contributed by atoms with E-state index in [9.17, 15) is 14.4 Å². The first-order valence-electron chi connectivity index (χ1n) is 8.46. The summed E-state index contributed by atoms with van der Waals surface area (Å²) < 4.78 is 0. The Hall–Kier alpha value is -3.15. The molecule has 6 heteroatoms. The fourth-order valence-corrected chi connectivity index (χ4v) is 2.54. The molecule has 1 fully saturated rings. The van der Waals surface area contributed by atoms with Gasteiger partial charge in [-0.1, -0.05) is 18.2 Å². The van der Waals surface area contributed by atoms with Crippen LogP contribution in [0.15, 0.2) is 42.5 Å². The number of carbonyl (C=O) groups is 3. The highest BCUT2D eigenvalue weighted by Crippen LogP contribution is 2.21. The van der Waals surface area contributed by atoms with Crippen LogP contribution < -0.4 is 10.6 Å². The molecule has 2 aromatic carbocycles. The summed E-state index contributed by atoms with van der Waals surface area (Å²) >= 11 is 0. The lowest BCUT2D eigenvalue weighted by Gasteiger charge is -2.11. The molecule has 1 aliphatic carbocycles. The molecule has 1 saturated carbocycles. The molecule has 0 saturated heterocycles. The molecular weight excluding hydrogens is 332 g/mol. The highest BCUT2D eigenvalue weighted by atomic mass is 16.4. The van der Waals surface area contributed by atoms with Gasteiger partial charge in [-0.3, -0.25) is 9.59 Å². The van der Waals surface area contributed by atoms with Crippen LogP contribution in [0.1, 0.15) is 44.7 Å². The second-order valence-electron chi connectivity index (χ2n) is 6.50. The number of amides is 2. The summed E-state index contributed by atoms with van der Waals surface area (Å²) in [6.07, 6.45) is 2.15. The van der Waals surface area contributed by atoms with Gasteiger partial charge in [0.15, 0.2) is 0 Å². The van der Waals surface area contributed by atoms with Crippen LogP contribution in [0, 0.1) is 6.92 Å². The molecule has 3 N–H and O–H groups in total. The Balaban J connectivity index is 1.66. The van der Waals surface area contributed by atoms with Crippen molar-refractivity contribution in [3.63, 3.8) is 0 Å². The van der Waals surface area contributed by atoms with E-state index in [1.54, 1.807) is 30.3 Å². The summed E-state index contributed by atoms with van der Waals surface area (Å²) in [5.41, 5.74) is 2.87. The van der Waals surface area contributed by atoms with Crippen molar-refractivity contribution in [1.29, 1.82) is 0 Å². The van der Waals surface area contributed by atoms with Crippen LogP contribution >= 0.6 is 0 Å². The molecule has 1 aliphatic rings. The first-order chi connectivity index (χ1) is 12.4. The standard InChI is InChI=1S/C20H20N2O4/c1-12-2-5-15(19(24)21-16-8-9-16)11-17(12)22-18(23)10-13-3-6-14(7-4-13)20(25)26/h2-7,11,16H,8-10H2,1H3,(H,21,24)(H,22,23)(H,25,26). The van der Waals surface area contributed by atoms with Crippen LogP contribution in [-0.4, -0.2) is 28.9 Å². The molecule has 0 radical (unpaired) electrons. The zero-order valence-corrected chi connectivity index (χ0v) is 14.4. The number of carbonyl (C=O) groups excluding carboxylic acids is 2. The highest BCUT2D eigenvalue weighted by Gasteiger charge is 2.24. The second kappa shape index (κ2) is 7.39. The summed E-state index contributed by atoms with van der Waals surface area (Å²) in [6.45, 7) is 1.86. The minimum atomic E-state index is -1.00. The van der Waals surface area contributed by atoms with E-state index in [1.165, 1.54) is 12.1 Å². The molecule has 134 valence electrons. The molecule has 0 aliphatic heterocycles. The SMILES string of the molecule is Cc1ccc(C(=O)NC2CC2)cc1NC(=O)Cc1ccc(C(=O)O)cc1. The first-order valence-corrected chi connectivity index (χ1v) is 8.46. The third-order valence-electron chi connectivity index (χ3n) is 4.25. The van der Waals surface area contributed by atoms with Gasteiger partial charge in [-0.25, -0.2) is 4.79 Å². The number of hydrogen-bond acceptors (Lipinski definition) is 3. The second-order valence-corrected chi connectivity index (χ2v) is 6.50. The lowest BCUT2D eigenvalue weighted by atomic mass is 10.1. The molecule has 26 heavy (non-hydrogen) atoms. The maximum absolute atomic E-state index is 12.3. The van der Waals surface area contributed by atoms with E-state index < -0.39 is 5.97 Å². The van der Waals surface area contributed by atoms with E-state index in [1.807, 2.05) is 6.92 Å². The summed E-state index contributed by atoms with van der Waals surface area (Å²) in [7, 11) is 0. The number of rotatable bonds is 6. The van der Waals surface area contributed by atoms with Crippen LogP contribution in [-0.2, 0) is 11.2 Å². The van der Waals surface area contributed by atoms with Gasteiger partial charge in [-0.2, -0.15) is 0 Å². The topological polar surface area (TPSA) is 95.5 Å². The number of benzene rings is 2. The van der Waals surface area contributed by atoms with Gasteiger partial charge in [0.25, 0.3) is 5.91 Å². The summed E-state index contributed by atoms with van der Waals surface area (Å²) in [6, 6.07) is 11.7. The molecule has 0 heterocycles. The number of aryl methyl sites for hydroxylation is 1. The average molecular weight is 352 g/mol. The Morgan fingerprint density at radius 1 is 1.04 bits per heavy atom. The van der Waals surface area contributed by atoms with Crippen LogP contribution in [0.3, 0.4) is 0 Å². The summed E-state index contributed by atoms with van der Waals surface area (Å²) in [5.74, 6) is -1.36. The molecule has 2 amide bonds. The largest absolute Gasteiger partial charge is 0.478 e. The maximum atomic E-state index is 12.3. The van der Waals surface area contributed by atoms with Crippen molar-refractivity contribution in [3.05, 3.63) is 64.7 Å². The third-order valence-corrected chi connectivity index (χ3v) is 4.25. The van der Waals surface area contributed by atoms with E-state index in [0.717, 1.165) is 18.4 Å². The Labute approximate surface area is 151 Å². The monoisotopic (exact) mass is 352 g/mol. The van der Waals surface area contributed by atoms with Gasteiger partial charge in [0.2, 0.25) is 5.91 Å². The molecule has 2 aromatic rings. The highest BCUT2D eigenvalue weighted by molar-refractivity contribution is 5.98. The molecule has 0 unspecified atom stereocenters. The van der Waals surface area contributed by atoms with Crippen molar-refractivity contribution >= 4 is 23.5 Å². The van der Waals surface area contributed by atoms with Gasteiger partial charge in [0, 0.05) is 17.3 Å². The molecule has 0 bridgehead atoms. The average Bonchev–Trinajstić information content (AvgIpc) is 3.41. The van der Waals surface area contributed by atoms with E-state index in [2.05, 4.69) is 10.6 Å². The van der Waals surface area contributed by atoms with Gasteiger partial charge in [0.1, 0.15) is 0 Å². The van der Waals surface area contributed by atoms with Crippen LogP contribution in [0.5, 0.6) is 0 Å². The fourth-order valence-electron chi connectivity index (χ4n) is 2.54. The molecule has 0 atom stereocenters. The third kappa shape index (κ3) is 4.47. The minimum Gasteiger partial charge on any atom is -0.478 e. The van der Waals surface area contributed by atoms with Crippen molar-refractivity contribution in [2.24, 2.45) is 0 Å². The van der Waals surface area contributed by atoms with Gasteiger partial charge < -0.3 is 15.7 Å². The van der Waals surface area contributed by atoms with Crippen molar-refractivity contribution in [2.75, 3.05) is 5.32 Å². The first kappa shape index (κ1) is 17.7. The quantitative estimate of drug-likeness (QED) is 0.745. The predicted octanol–water partition coefficient (Wildman–Crippen LogP) is 2.77. The lowest BCUT2D eigenvalue weighted by Crippen LogP contribution is -2.25. The molecule has 3 rings (SSSR count). The normalized spacial score (nSPS) is 13.1.